The van der Waals surface area contributed by atoms with Gasteiger partial charge in [0, 0.05) is 24.2 Å². The third-order valence-electron chi connectivity index (χ3n) is 5.80. The van der Waals surface area contributed by atoms with Crippen LogP contribution in [-0.2, 0) is 16.1 Å². The third-order valence-corrected chi connectivity index (χ3v) is 6.10. The van der Waals surface area contributed by atoms with Gasteiger partial charge < -0.3 is 29.4 Å². The van der Waals surface area contributed by atoms with Gasteiger partial charge in [0.2, 0.25) is 0 Å². The number of rotatable bonds is 8. The van der Waals surface area contributed by atoms with Gasteiger partial charge in [-0.05, 0) is 35.9 Å². The first-order chi connectivity index (χ1) is 19.5. The molecule has 2 N–H and O–H groups in total. The number of hydrogen-bond acceptors (Lipinski definition) is 9. The average Bonchev–Trinajstić information content (AvgIpc) is 3.40. The SMILES string of the molecule is O=C(Oc1nc(Nc2ccc(OCc3cccc(F)c3)c(Cl)c2)c2c(OC3CCOC3)cc(O)cc2n1)C(F)(F)F. The van der Waals surface area contributed by atoms with E-state index >= 15 is 0 Å². The van der Waals surface area contributed by atoms with Crippen LogP contribution in [0.4, 0.5) is 29.1 Å². The summed E-state index contributed by atoms with van der Waals surface area (Å²) >= 11 is 6.39. The largest absolute Gasteiger partial charge is 0.508 e. The topological polar surface area (TPSA) is 112 Å². The second-order valence-electron chi connectivity index (χ2n) is 8.87. The molecule has 1 aliphatic rings. The van der Waals surface area contributed by atoms with Gasteiger partial charge in [-0.2, -0.15) is 23.1 Å². The molecular formula is C27H20ClF4N3O6. The molecule has 3 aromatic carbocycles. The minimum absolute atomic E-state index is 0.0454. The molecule has 1 unspecified atom stereocenters. The van der Waals surface area contributed by atoms with Gasteiger partial charge in [-0.15, -0.1) is 0 Å². The number of hydrogen-bond donors (Lipinski definition) is 2. The average molecular weight is 594 g/mol. The summed E-state index contributed by atoms with van der Waals surface area (Å²) in [6.45, 7) is 0.797. The zero-order valence-corrected chi connectivity index (χ0v) is 21.6. The first-order valence-corrected chi connectivity index (χ1v) is 12.4. The molecule has 0 amide bonds. The van der Waals surface area contributed by atoms with Crippen LogP contribution >= 0.6 is 11.6 Å². The maximum absolute atomic E-state index is 13.5. The van der Waals surface area contributed by atoms with Crippen LogP contribution in [0, 0.1) is 5.82 Å². The Kier molecular flexibility index (Phi) is 7.99. The van der Waals surface area contributed by atoms with Crippen molar-refractivity contribution in [1.82, 2.24) is 9.97 Å². The number of carbonyl (C=O) groups is 1. The first kappa shape index (κ1) is 28.2. The number of nitrogens with zero attached hydrogens (tertiary/aromatic N) is 2. The Morgan fingerprint density at radius 1 is 1.12 bits per heavy atom. The van der Waals surface area contributed by atoms with Crippen LogP contribution in [0.15, 0.2) is 54.6 Å². The lowest BCUT2D eigenvalue weighted by atomic mass is 10.2. The maximum atomic E-state index is 13.5. The molecule has 1 saturated heterocycles. The number of carbonyl (C=O) groups excluding carboxylic acids is 1. The molecule has 1 aromatic heterocycles. The first-order valence-electron chi connectivity index (χ1n) is 12.1. The number of nitrogens with one attached hydrogen (secondary N) is 1. The number of halogens is 5. The standard InChI is InChI=1S/C27H20ClF4N3O6/c28-19-9-16(4-5-21(19)39-12-14-2-1-3-15(29)8-14)33-24-23-20(34-26(35-24)41-25(37)27(30,31)32)10-17(36)11-22(23)40-18-6-7-38-13-18/h1-5,8-11,18,36H,6-7,12-13H2,(H,33,34,35). The number of esters is 1. The molecule has 1 aliphatic heterocycles. The molecule has 0 bridgehead atoms. The lowest BCUT2D eigenvalue weighted by Gasteiger charge is -2.18. The van der Waals surface area contributed by atoms with Crippen molar-refractivity contribution in [2.75, 3.05) is 18.5 Å². The van der Waals surface area contributed by atoms with Gasteiger partial charge in [0.1, 0.15) is 41.6 Å². The molecule has 4 aromatic rings. The minimum atomic E-state index is -5.30. The molecule has 41 heavy (non-hydrogen) atoms. The maximum Gasteiger partial charge on any atom is 0.491 e. The normalized spacial score (nSPS) is 15.1. The van der Waals surface area contributed by atoms with Gasteiger partial charge in [-0.25, -0.2) is 9.18 Å². The lowest BCUT2D eigenvalue weighted by Crippen LogP contribution is -2.28. The van der Waals surface area contributed by atoms with Crippen molar-refractivity contribution >= 4 is 40.0 Å². The van der Waals surface area contributed by atoms with E-state index in [2.05, 4.69) is 20.0 Å². The summed E-state index contributed by atoms with van der Waals surface area (Å²) in [6.07, 6.45) is -5.09. The minimum Gasteiger partial charge on any atom is -0.508 e. The zero-order valence-electron chi connectivity index (χ0n) is 20.9. The van der Waals surface area contributed by atoms with Crippen molar-refractivity contribution in [1.29, 1.82) is 0 Å². The van der Waals surface area contributed by atoms with Crippen LogP contribution in [-0.4, -0.2) is 46.5 Å². The number of fused-ring (bicyclic) bond motifs is 1. The number of alkyl halides is 3. The van der Waals surface area contributed by atoms with E-state index in [0.29, 0.717) is 24.3 Å². The lowest BCUT2D eigenvalue weighted by molar-refractivity contribution is -0.190. The number of phenolic OH excluding ortho intramolecular Hbond substituents is 1. The summed E-state index contributed by atoms with van der Waals surface area (Å²) < 4.78 is 73.4. The Labute approximate surface area is 234 Å². The number of aromatic hydroxyl groups is 1. The summed E-state index contributed by atoms with van der Waals surface area (Å²) in [5, 5.41) is 13.5. The number of phenols is 1. The molecule has 0 aliphatic carbocycles. The fraction of sp³-hybridized carbons (Fsp3) is 0.222. The van der Waals surface area contributed by atoms with E-state index in [0.717, 1.165) is 6.07 Å². The van der Waals surface area contributed by atoms with Crippen LogP contribution in [0.5, 0.6) is 23.3 Å². The monoisotopic (exact) mass is 593 g/mol. The number of aromatic nitrogens is 2. The molecule has 1 atom stereocenters. The van der Waals surface area contributed by atoms with E-state index in [-0.39, 0.29) is 58.3 Å². The fourth-order valence-electron chi connectivity index (χ4n) is 3.97. The molecule has 2 heterocycles. The van der Waals surface area contributed by atoms with Crippen LogP contribution in [0.1, 0.15) is 12.0 Å². The summed E-state index contributed by atoms with van der Waals surface area (Å²) in [6, 6.07) is 11.9. The van der Waals surface area contributed by atoms with E-state index in [1.54, 1.807) is 18.2 Å². The molecule has 9 nitrogen and oxygen atoms in total. The summed E-state index contributed by atoms with van der Waals surface area (Å²) in [5.74, 6) is -2.93. The highest BCUT2D eigenvalue weighted by Gasteiger charge is 2.42. The van der Waals surface area contributed by atoms with Crippen LogP contribution in [0.2, 0.25) is 5.02 Å². The van der Waals surface area contributed by atoms with Gasteiger partial charge in [-0.3, -0.25) is 0 Å². The molecule has 14 heteroatoms. The van der Waals surface area contributed by atoms with E-state index in [1.165, 1.54) is 30.3 Å². The highest BCUT2D eigenvalue weighted by molar-refractivity contribution is 6.32. The Morgan fingerprint density at radius 3 is 2.66 bits per heavy atom. The molecular weight excluding hydrogens is 574 g/mol. The van der Waals surface area contributed by atoms with Crippen molar-refractivity contribution in [3.05, 3.63) is 71.0 Å². The van der Waals surface area contributed by atoms with Crippen LogP contribution in [0.3, 0.4) is 0 Å². The molecule has 0 spiro atoms. The van der Waals surface area contributed by atoms with E-state index in [4.69, 9.17) is 25.8 Å². The number of anilines is 2. The van der Waals surface area contributed by atoms with E-state index in [9.17, 15) is 27.5 Å². The molecule has 0 radical (unpaired) electrons. The quantitative estimate of drug-likeness (QED) is 0.185. The van der Waals surface area contributed by atoms with Crippen molar-refractivity contribution in [2.24, 2.45) is 0 Å². The summed E-state index contributed by atoms with van der Waals surface area (Å²) in [4.78, 5) is 19.3. The third kappa shape index (κ3) is 6.87. The Hall–Kier alpha value is -4.36. The van der Waals surface area contributed by atoms with Crippen molar-refractivity contribution in [3.8, 4) is 23.3 Å². The summed E-state index contributed by atoms with van der Waals surface area (Å²) in [7, 11) is 0. The highest BCUT2D eigenvalue weighted by atomic mass is 35.5. The van der Waals surface area contributed by atoms with Crippen molar-refractivity contribution in [2.45, 2.75) is 25.3 Å². The summed E-state index contributed by atoms with van der Waals surface area (Å²) in [5.41, 5.74) is 0.840. The van der Waals surface area contributed by atoms with Gasteiger partial charge in [0.15, 0.2) is 0 Å². The number of benzene rings is 3. The van der Waals surface area contributed by atoms with Gasteiger partial charge in [-0.1, -0.05) is 23.7 Å². The van der Waals surface area contributed by atoms with Crippen molar-refractivity contribution in [3.63, 3.8) is 0 Å². The van der Waals surface area contributed by atoms with E-state index in [1.807, 2.05) is 0 Å². The van der Waals surface area contributed by atoms with E-state index < -0.39 is 24.0 Å². The zero-order chi connectivity index (χ0) is 29.1. The van der Waals surface area contributed by atoms with Crippen LogP contribution < -0.4 is 19.5 Å². The Morgan fingerprint density at radius 2 is 1.95 bits per heavy atom. The Bertz CT molecular complexity index is 1600. The fourth-order valence-corrected chi connectivity index (χ4v) is 4.20. The van der Waals surface area contributed by atoms with Gasteiger partial charge in [0.05, 0.1) is 29.1 Å². The Balaban J connectivity index is 1.48. The smallest absolute Gasteiger partial charge is 0.491 e. The van der Waals surface area contributed by atoms with Crippen molar-refractivity contribution < 1.29 is 46.4 Å². The van der Waals surface area contributed by atoms with Gasteiger partial charge in [0.25, 0.3) is 0 Å². The van der Waals surface area contributed by atoms with Gasteiger partial charge >= 0.3 is 18.2 Å². The molecule has 1 fully saturated rings. The van der Waals surface area contributed by atoms with Crippen LogP contribution in [0.25, 0.3) is 10.9 Å². The highest BCUT2D eigenvalue weighted by Crippen LogP contribution is 2.39. The molecule has 5 rings (SSSR count). The number of ether oxygens (including phenoxy) is 4. The second kappa shape index (κ2) is 11.6. The molecule has 0 saturated carbocycles. The molecule has 214 valence electrons. The predicted octanol–water partition coefficient (Wildman–Crippen LogP) is 6.09. The predicted molar refractivity (Wildman–Crippen MR) is 138 cm³/mol. The second-order valence-corrected chi connectivity index (χ2v) is 9.28.